The van der Waals surface area contributed by atoms with E-state index in [1.165, 1.54) is 26.4 Å². The number of aryl methyl sites for hydroxylation is 2. The molecule has 1 aliphatic heterocycles. The second-order valence-electron chi connectivity index (χ2n) is 8.24. The van der Waals surface area contributed by atoms with Gasteiger partial charge in [-0.05, 0) is 51.0 Å². The molecule has 2 aromatic carbocycles. The lowest BCUT2D eigenvalue weighted by Crippen LogP contribution is -2.43. The molecular weight excluding hydrogens is 477 g/mol. The van der Waals surface area contributed by atoms with Crippen LogP contribution in [0.25, 0.3) is 15.3 Å². The molecule has 1 aliphatic rings. The van der Waals surface area contributed by atoms with Crippen LogP contribution in [0.3, 0.4) is 0 Å². The summed E-state index contributed by atoms with van der Waals surface area (Å²) in [5.41, 5.74) is 1.82. The zero-order chi connectivity index (χ0) is 24.0. The summed E-state index contributed by atoms with van der Waals surface area (Å²) in [4.78, 5) is 17.8. The van der Waals surface area contributed by atoms with E-state index in [9.17, 15) is 17.6 Å². The van der Waals surface area contributed by atoms with Crippen molar-refractivity contribution in [2.75, 3.05) is 11.9 Å². The van der Waals surface area contributed by atoms with Gasteiger partial charge in [0.05, 0.1) is 15.3 Å². The van der Waals surface area contributed by atoms with Gasteiger partial charge < -0.3 is 5.32 Å². The van der Waals surface area contributed by atoms with Gasteiger partial charge in [0.15, 0.2) is 0 Å². The lowest BCUT2D eigenvalue weighted by Gasteiger charge is -2.23. The number of nitrogens with one attached hydrogen (secondary N) is 1. The molecule has 0 spiro atoms. The van der Waals surface area contributed by atoms with Crippen LogP contribution in [-0.2, 0) is 14.8 Å². The Kier molecular flexibility index (Phi) is 5.70. The van der Waals surface area contributed by atoms with Crippen molar-refractivity contribution in [3.63, 3.8) is 0 Å². The Morgan fingerprint density at radius 1 is 1.18 bits per heavy atom. The molecular formula is C23H22FN5O3S2. The molecule has 1 unspecified atom stereocenters. The van der Waals surface area contributed by atoms with Gasteiger partial charge in [-0.1, -0.05) is 35.1 Å². The lowest BCUT2D eigenvalue weighted by molar-refractivity contribution is -0.119. The topological polar surface area (TPSA) is 97.2 Å². The van der Waals surface area contributed by atoms with Crippen LogP contribution in [0.1, 0.15) is 24.1 Å². The predicted octanol–water partition coefficient (Wildman–Crippen LogP) is 4.03. The number of carbonyl (C=O) groups is 1. The highest BCUT2D eigenvalue weighted by atomic mass is 32.2. The van der Waals surface area contributed by atoms with Gasteiger partial charge in [0, 0.05) is 12.6 Å². The van der Waals surface area contributed by atoms with Gasteiger partial charge in [-0.15, -0.1) is 0 Å². The zero-order valence-electron chi connectivity index (χ0n) is 18.5. The van der Waals surface area contributed by atoms with Gasteiger partial charge in [-0.3, -0.25) is 4.79 Å². The number of amides is 1. The highest BCUT2D eigenvalue weighted by molar-refractivity contribution is 7.89. The van der Waals surface area contributed by atoms with E-state index in [0.717, 1.165) is 5.56 Å². The first kappa shape index (κ1) is 22.6. The molecule has 0 radical (unpaired) electrons. The van der Waals surface area contributed by atoms with Crippen molar-refractivity contribution in [2.24, 2.45) is 0 Å². The van der Waals surface area contributed by atoms with Crippen LogP contribution in [-0.4, -0.2) is 46.0 Å². The van der Waals surface area contributed by atoms with Gasteiger partial charge in [0.25, 0.3) is 0 Å². The average molecular weight is 500 g/mol. The smallest absolute Gasteiger partial charge is 0.243 e. The van der Waals surface area contributed by atoms with E-state index >= 15 is 0 Å². The Bertz CT molecular complexity index is 1490. The normalized spacial score (nSPS) is 16.9. The molecule has 1 fully saturated rings. The maximum Gasteiger partial charge on any atom is 0.243 e. The van der Waals surface area contributed by atoms with Crippen molar-refractivity contribution in [1.82, 2.24) is 19.1 Å². The van der Waals surface area contributed by atoms with Crippen molar-refractivity contribution >= 4 is 43.3 Å². The maximum absolute atomic E-state index is 14.1. The highest BCUT2D eigenvalue weighted by Gasteiger charge is 2.39. The number of hydrogen-bond acceptors (Lipinski definition) is 6. The summed E-state index contributed by atoms with van der Waals surface area (Å²) in [6.45, 7) is 3.92. The molecule has 0 aliphatic carbocycles. The molecule has 2 aromatic heterocycles. The number of benzene rings is 2. The lowest BCUT2D eigenvalue weighted by atomic mass is 10.2. The standard InChI is InChI=1S/C23H22FN5O3S2/c1-14-8-10-16(11-9-14)34(31,32)28-12-4-6-18(28)22(30)25-20-13-15(2)27-29(20)23-26-21-17(24)5-3-7-19(21)33-23/h3,5,7-11,13,18H,4,6,12H2,1-2H3,(H,25,30). The largest absolute Gasteiger partial charge is 0.309 e. The summed E-state index contributed by atoms with van der Waals surface area (Å²) >= 11 is 1.25. The summed E-state index contributed by atoms with van der Waals surface area (Å²) in [7, 11) is -3.82. The maximum atomic E-state index is 14.1. The molecule has 1 saturated heterocycles. The number of para-hydroxylation sites is 1. The Labute approximate surface area is 200 Å². The van der Waals surface area contributed by atoms with Crippen LogP contribution in [0.2, 0.25) is 0 Å². The van der Waals surface area contributed by atoms with E-state index in [4.69, 9.17) is 0 Å². The number of anilines is 1. The Morgan fingerprint density at radius 2 is 1.94 bits per heavy atom. The van der Waals surface area contributed by atoms with Crippen LogP contribution in [0.5, 0.6) is 0 Å². The minimum atomic E-state index is -3.82. The van der Waals surface area contributed by atoms with E-state index in [1.54, 1.807) is 49.4 Å². The first-order valence-electron chi connectivity index (χ1n) is 10.8. The molecule has 0 bridgehead atoms. The van der Waals surface area contributed by atoms with E-state index in [0.29, 0.717) is 34.2 Å². The van der Waals surface area contributed by atoms with Crippen LogP contribution in [0.15, 0.2) is 53.4 Å². The fourth-order valence-corrected chi connectivity index (χ4v) is 6.68. The number of fused-ring (bicyclic) bond motifs is 1. The number of sulfonamides is 1. The van der Waals surface area contributed by atoms with Crippen molar-refractivity contribution in [2.45, 2.75) is 37.6 Å². The van der Waals surface area contributed by atoms with Crippen molar-refractivity contribution in [3.8, 4) is 5.13 Å². The van der Waals surface area contributed by atoms with Gasteiger partial charge in [-0.25, -0.2) is 17.8 Å². The fraction of sp³-hybridized carbons (Fsp3) is 0.261. The molecule has 5 rings (SSSR count). The summed E-state index contributed by atoms with van der Waals surface area (Å²) < 4.78 is 43.9. The van der Waals surface area contributed by atoms with Gasteiger partial charge in [0.2, 0.25) is 21.1 Å². The van der Waals surface area contributed by atoms with Gasteiger partial charge in [0.1, 0.15) is 23.2 Å². The fourth-order valence-electron chi connectivity index (χ4n) is 4.07. The average Bonchev–Trinajstić information content (AvgIpc) is 3.52. The number of thiazole rings is 1. The quantitative estimate of drug-likeness (QED) is 0.447. The number of halogens is 1. The van der Waals surface area contributed by atoms with Crippen LogP contribution >= 0.6 is 11.3 Å². The molecule has 1 amide bonds. The molecule has 11 heteroatoms. The summed E-state index contributed by atoms with van der Waals surface area (Å²) in [6, 6.07) is 12.1. The molecule has 3 heterocycles. The van der Waals surface area contributed by atoms with Gasteiger partial charge in [-0.2, -0.15) is 14.1 Å². The predicted molar refractivity (Wildman–Crippen MR) is 128 cm³/mol. The minimum absolute atomic E-state index is 0.162. The third-order valence-corrected chi connectivity index (χ3v) is 8.67. The molecule has 176 valence electrons. The number of hydrogen-bond donors (Lipinski definition) is 1. The molecule has 34 heavy (non-hydrogen) atoms. The summed E-state index contributed by atoms with van der Waals surface area (Å²) in [5, 5.41) is 7.63. The molecule has 1 N–H and O–H groups in total. The third-order valence-electron chi connectivity index (χ3n) is 5.76. The van der Waals surface area contributed by atoms with E-state index in [-0.39, 0.29) is 17.0 Å². The van der Waals surface area contributed by atoms with Gasteiger partial charge >= 0.3 is 0 Å². The first-order chi connectivity index (χ1) is 16.2. The highest BCUT2D eigenvalue weighted by Crippen LogP contribution is 2.30. The Morgan fingerprint density at radius 3 is 2.68 bits per heavy atom. The number of carbonyl (C=O) groups excluding carboxylic acids is 1. The second-order valence-corrected chi connectivity index (χ2v) is 11.1. The Hall–Kier alpha value is -3.15. The molecule has 4 aromatic rings. The molecule has 8 nitrogen and oxygen atoms in total. The monoisotopic (exact) mass is 499 g/mol. The van der Waals surface area contributed by atoms with E-state index < -0.39 is 27.8 Å². The number of rotatable bonds is 5. The van der Waals surface area contributed by atoms with Crippen molar-refractivity contribution in [3.05, 3.63) is 65.6 Å². The van der Waals surface area contributed by atoms with Crippen molar-refractivity contribution < 1.29 is 17.6 Å². The SMILES string of the molecule is Cc1ccc(S(=O)(=O)N2CCCC2C(=O)Nc2cc(C)nn2-c2nc3c(F)cccc3s2)cc1. The molecule has 0 saturated carbocycles. The second kappa shape index (κ2) is 8.57. The van der Waals surface area contributed by atoms with Crippen LogP contribution < -0.4 is 5.32 Å². The number of nitrogens with zero attached hydrogens (tertiary/aromatic N) is 4. The summed E-state index contributed by atoms with van der Waals surface area (Å²) in [6.07, 6.45) is 0.995. The van der Waals surface area contributed by atoms with E-state index in [1.807, 2.05) is 6.92 Å². The summed E-state index contributed by atoms with van der Waals surface area (Å²) in [5.74, 6) is -0.527. The Balaban J connectivity index is 1.43. The third kappa shape index (κ3) is 3.99. The zero-order valence-corrected chi connectivity index (χ0v) is 20.2. The first-order valence-corrected chi connectivity index (χ1v) is 13.0. The van der Waals surface area contributed by atoms with Crippen LogP contribution in [0.4, 0.5) is 10.2 Å². The van der Waals surface area contributed by atoms with Crippen LogP contribution in [0, 0.1) is 19.7 Å². The minimum Gasteiger partial charge on any atom is -0.309 e. The number of aromatic nitrogens is 3. The van der Waals surface area contributed by atoms with Crippen molar-refractivity contribution in [1.29, 1.82) is 0 Å². The molecule has 1 atom stereocenters. The van der Waals surface area contributed by atoms with E-state index in [2.05, 4.69) is 15.4 Å².